The Labute approximate surface area is 92.4 Å². The molecule has 0 unspecified atom stereocenters. The lowest BCUT2D eigenvalue weighted by Crippen LogP contribution is -2.32. The molecule has 0 aliphatic carbocycles. The molecule has 0 aliphatic rings. The van der Waals surface area contributed by atoms with Crippen molar-refractivity contribution in [3.05, 3.63) is 50.1 Å². The van der Waals surface area contributed by atoms with Gasteiger partial charge in [-0.05, 0) is 17.5 Å². The molecule has 0 spiro atoms. The van der Waals surface area contributed by atoms with Crippen LogP contribution in [0.1, 0.15) is 10.4 Å². The van der Waals surface area contributed by atoms with Gasteiger partial charge in [-0.2, -0.15) is 0 Å². The van der Waals surface area contributed by atoms with Gasteiger partial charge >= 0.3 is 11.7 Å². The van der Waals surface area contributed by atoms with E-state index in [0.29, 0.717) is 5.00 Å². The number of carboxylic acids is 1. The number of carboxylic acid groups (broad SMARTS) is 1. The monoisotopic (exact) mass is 238 g/mol. The molecule has 2 rings (SSSR count). The second-order valence-corrected chi connectivity index (χ2v) is 3.85. The predicted octanol–water partition coefficient (Wildman–Crippen LogP) is 0.285. The maximum absolute atomic E-state index is 11.4. The van der Waals surface area contributed by atoms with Crippen molar-refractivity contribution < 1.29 is 9.90 Å². The number of nitrogens with one attached hydrogen (secondary N) is 1. The highest BCUT2D eigenvalue weighted by molar-refractivity contribution is 7.12. The van der Waals surface area contributed by atoms with Gasteiger partial charge in [-0.3, -0.25) is 14.3 Å². The number of hydrogen-bond donors (Lipinski definition) is 2. The molecule has 2 heterocycles. The van der Waals surface area contributed by atoms with Crippen LogP contribution in [0.25, 0.3) is 5.00 Å². The molecule has 2 aromatic heterocycles. The van der Waals surface area contributed by atoms with Crippen molar-refractivity contribution in [1.82, 2.24) is 9.55 Å². The van der Waals surface area contributed by atoms with Crippen LogP contribution in [-0.2, 0) is 0 Å². The number of thiophene rings is 1. The van der Waals surface area contributed by atoms with Gasteiger partial charge in [0.15, 0.2) is 0 Å². The first-order valence-electron chi connectivity index (χ1n) is 4.23. The summed E-state index contributed by atoms with van der Waals surface area (Å²) in [6.07, 6.45) is 1.02. The van der Waals surface area contributed by atoms with Crippen molar-refractivity contribution in [3.8, 4) is 5.00 Å². The van der Waals surface area contributed by atoms with Gasteiger partial charge in [0.1, 0.15) is 10.6 Å². The van der Waals surface area contributed by atoms with Gasteiger partial charge in [0.25, 0.3) is 5.56 Å². The smallest absolute Gasteiger partial charge is 0.342 e. The van der Waals surface area contributed by atoms with Crippen LogP contribution in [0.4, 0.5) is 0 Å². The Kier molecular flexibility index (Phi) is 2.45. The lowest BCUT2D eigenvalue weighted by molar-refractivity contribution is 0.0694. The average molecular weight is 238 g/mol. The summed E-state index contributed by atoms with van der Waals surface area (Å²) in [5, 5.41) is 11.0. The number of aromatic nitrogens is 2. The number of hydrogen-bond acceptors (Lipinski definition) is 4. The van der Waals surface area contributed by atoms with Gasteiger partial charge in [-0.25, -0.2) is 9.59 Å². The zero-order chi connectivity index (χ0) is 11.7. The summed E-state index contributed by atoms with van der Waals surface area (Å²) in [5.74, 6) is -1.37. The zero-order valence-corrected chi connectivity index (χ0v) is 8.65. The third kappa shape index (κ3) is 1.68. The maximum atomic E-state index is 11.4. The van der Waals surface area contributed by atoms with E-state index in [-0.39, 0.29) is 0 Å². The first-order chi connectivity index (χ1) is 7.59. The van der Waals surface area contributed by atoms with Gasteiger partial charge < -0.3 is 5.11 Å². The quantitative estimate of drug-likeness (QED) is 0.786. The first-order valence-corrected chi connectivity index (χ1v) is 5.10. The molecule has 0 saturated heterocycles. The van der Waals surface area contributed by atoms with Gasteiger partial charge in [0.2, 0.25) is 0 Å². The third-order valence-electron chi connectivity index (χ3n) is 1.92. The number of H-pyrrole nitrogens is 1. The molecule has 2 N–H and O–H groups in total. The Morgan fingerprint density at radius 3 is 2.75 bits per heavy atom. The van der Waals surface area contributed by atoms with Crippen molar-refractivity contribution in [2.75, 3.05) is 0 Å². The highest BCUT2D eigenvalue weighted by Crippen LogP contribution is 2.11. The van der Waals surface area contributed by atoms with Crippen LogP contribution >= 0.6 is 11.3 Å². The van der Waals surface area contributed by atoms with Crippen molar-refractivity contribution in [2.45, 2.75) is 0 Å². The Bertz CT molecular complexity index is 638. The fourth-order valence-electron chi connectivity index (χ4n) is 1.19. The Morgan fingerprint density at radius 2 is 2.19 bits per heavy atom. The van der Waals surface area contributed by atoms with E-state index < -0.39 is 22.8 Å². The van der Waals surface area contributed by atoms with Crippen LogP contribution in [0.5, 0.6) is 0 Å². The molecule has 0 atom stereocenters. The minimum absolute atomic E-state index is 0.465. The molecular formula is C9H6N2O4S. The number of carbonyl (C=O) groups is 1. The molecule has 0 bridgehead atoms. The van der Waals surface area contributed by atoms with Crippen molar-refractivity contribution in [3.63, 3.8) is 0 Å². The van der Waals surface area contributed by atoms with Gasteiger partial charge in [-0.15, -0.1) is 11.3 Å². The molecule has 0 saturated carbocycles. The number of nitrogens with zero attached hydrogens (tertiary/aromatic N) is 1. The second kappa shape index (κ2) is 3.78. The standard InChI is InChI=1S/C9H6N2O4S/c12-7-5(8(13)14)4-11(9(15)10-7)6-2-1-3-16-6/h1-4H,(H,13,14)(H,10,12,15). The van der Waals surface area contributed by atoms with E-state index in [1.807, 2.05) is 4.98 Å². The molecule has 0 radical (unpaired) electrons. The molecule has 16 heavy (non-hydrogen) atoms. The number of aromatic amines is 1. The summed E-state index contributed by atoms with van der Waals surface area (Å²) in [5.41, 5.74) is -2.02. The summed E-state index contributed by atoms with van der Waals surface area (Å²) >= 11 is 1.26. The molecule has 0 aliphatic heterocycles. The van der Waals surface area contributed by atoms with E-state index in [2.05, 4.69) is 0 Å². The highest BCUT2D eigenvalue weighted by atomic mass is 32.1. The first kappa shape index (κ1) is 10.4. The summed E-state index contributed by atoms with van der Waals surface area (Å²) in [6.45, 7) is 0. The molecule has 2 aromatic rings. The molecule has 7 heteroatoms. The average Bonchev–Trinajstić information content (AvgIpc) is 2.70. The van der Waals surface area contributed by atoms with E-state index in [1.54, 1.807) is 17.5 Å². The topological polar surface area (TPSA) is 92.2 Å². The van der Waals surface area contributed by atoms with Crippen molar-refractivity contribution >= 4 is 17.3 Å². The second-order valence-electron chi connectivity index (χ2n) is 2.93. The van der Waals surface area contributed by atoms with E-state index >= 15 is 0 Å². The van der Waals surface area contributed by atoms with Crippen LogP contribution in [0.2, 0.25) is 0 Å². The Morgan fingerprint density at radius 1 is 1.44 bits per heavy atom. The van der Waals surface area contributed by atoms with Crippen LogP contribution < -0.4 is 11.2 Å². The van der Waals surface area contributed by atoms with Crippen molar-refractivity contribution in [1.29, 1.82) is 0 Å². The van der Waals surface area contributed by atoms with Crippen LogP contribution in [-0.4, -0.2) is 20.6 Å². The zero-order valence-electron chi connectivity index (χ0n) is 7.84. The van der Waals surface area contributed by atoms with Gasteiger partial charge in [0, 0.05) is 6.20 Å². The summed E-state index contributed by atoms with van der Waals surface area (Å²) in [7, 11) is 0. The van der Waals surface area contributed by atoms with Crippen molar-refractivity contribution in [2.24, 2.45) is 0 Å². The lowest BCUT2D eigenvalue weighted by atomic mass is 10.3. The van der Waals surface area contributed by atoms with E-state index in [1.165, 1.54) is 11.3 Å². The third-order valence-corrected chi connectivity index (χ3v) is 2.78. The summed E-state index contributed by atoms with van der Waals surface area (Å²) < 4.78 is 1.09. The van der Waals surface area contributed by atoms with E-state index in [0.717, 1.165) is 10.8 Å². The highest BCUT2D eigenvalue weighted by Gasteiger charge is 2.12. The number of rotatable bonds is 2. The van der Waals surface area contributed by atoms with E-state index in [4.69, 9.17) is 5.11 Å². The summed E-state index contributed by atoms with van der Waals surface area (Å²) in [6, 6.07) is 3.37. The molecular weight excluding hydrogens is 232 g/mol. The van der Waals surface area contributed by atoms with E-state index in [9.17, 15) is 14.4 Å². The minimum Gasteiger partial charge on any atom is -0.477 e. The maximum Gasteiger partial charge on any atom is 0.342 e. The van der Waals surface area contributed by atoms with Crippen LogP contribution in [0, 0.1) is 0 Å². The SMILES string of the molecule is O=C(O)c1cn(-c2cccs2)c(=O)[nH]c1=O. The Balaban J connectivity index is 2.73. The normalized spacial score (nSPS) is 10.2. The van der Waals surface area contributed by atoms with Crippen LogP contribution in [0.15, 0.2) is 33.3 Å². The van der Waals surface area contributed by atoms with Crippen LogP contribution in [0.3, 0.4) is 0 Å². The lowest BCUT2D eigenvalue weighted by Gasteiger charge is -2.01. The molecule has 6 nitrogen and oxygen atoms in total. The predicted molar refractivity (Wildman–Crippen MR) is 57.5 cm³/mol. The fourth-order valence-corrected chi connectivity index (χ4v) is 1.90. The minimum atomic E-state index is -1.37. The Hall–Kier alpha value is -2.15. The molecule has 0 fully saturated rings. The molecule has 0 aromatic carbocycles. The summed E-state index contributed by atoms with van der Waals surface area (Å²) in [4.78, 5) is 35.3. The van der Waals surface area contributed by atoms with Gasteiger partial charge in [-0.1, -0.05) is 0 Å². The van der Waals surface area contributed by atoms with Gasteiger partial charge in [0.05, 0.1) is 0 Å². The molecule has 0 amide bonds. The fraction of sp³-hybridized carbons (Fsp3) is 0. The molecule has 82 valence electrons. The largest absolute Gasteiger partial charge is 0.477 e. The number of aromatic carboxylic acids is 1.